The van der Waals surface area contributed by atoms with Gasteiger partial charge in [-0.2, -0.15) is 0 Å². The minimum Gasteiger partial charge on any atom is -0.135 e. The Balaban J connectivity index is 2.15. The first kappa shape index (κ1) is 9.67. The first-order valence-corrected chi connectivity index (χ1v) is 5.99. The van der Waals surface area contributed by atoms with Crippen LogP contribution in [0.5, 0.6) is 0 Å². The zero-order chi connectivity index (χ0) is 11.0. The van der Waals surface area contributed by atoms with Gasteiger partial charge in [-0.25, -0.2) is 0 Å². The predicted octanol–water partition coefficient (Wildman–Crippen LogP) is 3.36. The van der Waals surface area contributed by atoms with Crippen LogP contribution in [-0.2, 0) is 0 Å². The standard InChI is InChI=1S/C14H9BS/c15-12-7-5-10(6-8-12)14-9-11-3-1-2-4-13(11)16-14/h1-9H. The Kier molecular flexibility index (Phi) is 2.30. The lowest BCUT2D eigenvalue weighted by Crippen LogP contribution is -1.98. The summed E-state index contributed by atoms with van der Waals surface area (Å²) < 4.78 is 1.33. The maximum atomic E-state index is 5.68. The minimum absolute atomic E-state index is 0.810. The SMILES string of the molecule is [B]c1ccc(-c2cc3ccccc3s2)cc1. The molecule has 3 aromatic rings. The van der Waals surface area contributed by atoms with Crippen molar-refractivity contribution >= 4 is 34.7 Å². The number of benzene rings is 2. The molecule has 3 rings (SSSR count). The molecule has 2 radical (unpaired) electrons. The Morgan fingerprint density at radius 2 is 1.62 bits per heavy atom. The average Bonchev–Trinajstić information content (AvgIpc) is 2.73. The van der Waals surface area contributed by atoms with E-state index in [1.165, 1.54) is 20.5 Å². The van der Waals surface area contributed by atoms with Crippen molar-refractivity contribution in [3.63, 3.8) is 0 Å². The van der Waals surface area contributed by atoms with Crippen LogP contribution in [0.15, 0.2) is 54.6 Å². The molecular formula is C14H9BS. The highest BCUT2D eigenvalue weighted by atomic mass is 32.1. The highest BCUT2D eigenvalue weighted by Gasteiger charge is 2.02. The third-order valence-corrected chi connectivity index (χ3v) is 3.79. The molecule has 0 aliphatic rings. The number of rotatable bonds is 1. The van der Waals surface area contributed by atoms with Crippen LogP contribution >= 0.6 is 11.3 Å². The summed E-state index contributed by atoms with van der Waals surface area (Å²) in [4.78, 5) is 1.29. The Labute approximate surface area is 100.0 Å². The van der Waals surface area contributed by atoms with Gasteiger partial charge in [-0.3, -0.25) is 0 Å². The van der Waals surface area contributed by atoms with E-state index in [9.17, 15) is 0 Å². The van der Waals surface area contributed by atoms with Gasteiger partial charge in [-0.1, -0.05) is 47.9 Å². The lowest BCUT2D eigenvalue weighted by atomic mass is 9.95. The molecule has 1 heterocycles. The number of hydrogen-bond donors (Lipinski definition) is 0. The van der Waals surface area contributed by atoms with Crippen molar-refractivity contribution in [2.45, 2.75) is 0 Å². The molecule has 0 N–H and O–H groups in total. The van der Waals surface area contributed by atoms with E-state index in [2.05, 4.69) is 42.5 Å². The van der Waals surface area contributed by atoms with Crippen LogP contribution in [0.3, 0.4) is 0 Å². The van der Waals surface area contributed by atoms with Gasteiger partial charge in [0.15, 0.2) is 0 Å². The molecule has 0 bridgehead atoms. The van der Waals surface area contributed by atoms with Crippen molar-refractivity contribution < 1.29 is 0 Å². The van der Waals surface area contributed by atoms with Crippen LogP contribution < -0.4 is 5.46 Å². The fraction of sp³-hybridized carbons (Fsp3) is 0. The molecule has 2 aromatic carbocycles. The van der Waals surface area contributed by atoms with Crippen LogP contribution in [0.4, 0.5) is 0 Å². The molecule has 0 saturated heterocycles. The summed E-state index contributed by atoms with van der Waals surface area (Å²) in [5.74, 6) is 0. The van der Waals surface area contributed by atoms with Crippen molar-refractivity contribution in [2.24, 2.45) is 0 Å². The quantitative estimate of drug-likeness (QED) is 0.551. The number of hydrogen-bond acceptors (Lipinski definition) is 1. The third kappa shape index (κ3) is 1.65. The summed E-state index contributed by atoms with van der Waals surface area (Å²) >= 11 is 1.82. The van der Waals surface area contributed by atoms with Gasteiger partial charge in [0, 0.05) is 9.58 Å². The topological polar surface area (TPSA) is 0 Å². The molecular weight excluding hydrogens is 211 g/mol. The normalized spacial score (nSPS) is 10.8. The molecule has 16 heavy (non-hydrogen) atoms. The third-order valence-electron chi connectivity index (χ3n) is 2.62. The second kappa shape index (κ2) is 3.80. The smallest absolute Gasteiger partial charge is 0.113 e. The van der Waals surface area contributed by atoms with Crippen LogP contribution in [0, 0.1) is 0 Å². The van der Waals surface area contributed by atoms with Crippen molar-refractivity contribution in [3.05, 3.63) is 54.6 Å². The van der Waals surface area contributed by atoms with E-state index < -0.39 is 0 Å². The van der Waals surface area contributed by atoms with Crippen LogP contribution in [-0.4, -0.2) is 7.85 Å². The van der Waals surface area contributed by atoms with Gasteiger partial charge in [0.05, 0.1) is 0 Å². The Bertz CT molecular complexity index is 590. The summed E-state index contributed by atoms with van der Waals surface area (Å²) in [6, 6.07) is 18.7. The monoisotopic (exact) mass is 220 g/mol. The minimum atomic E-state index is 0.810. The van der Waals surface area contributed by atoms with Gasteiger partial charge in [-0.15, -0.1) is 11.3 Å². The van der Waals surface area contributed by atoms with Crippen LogP contribution in [0.1, 0.15) is 0 Å². The number of thiophene rings is 1. The molecule has 0 atom stereocenters. The maximum absolute atomic E-state index is 5.68. The summed E-state index contributed by atoms with van der Waals surface area (Å²) in [7, 11) is 5.68. The first-order valence-electron chi connectivity index (χ1n) is 5.17. The molecule has 0 fully saturated rings. The first-order chi connectivity index (χ1) is 7.83. The van der Waals surface area contributed by atoms with E-state index >= 15 is 0 Å². The lowest BCUT2D eigenvalue weighted by molar-refractivity contribution is 1.75. The van der Waals surface area contributed by atoms with Gasteiger partial charge >= 0.3 is 0 Å². The molecule has 0 amide bonds. The summed E-state index contributed by atoms with van der Waals surface area (Å²) in [6.07, 6.45) is 0. The van der Waals surface area contributed by atoms with Gasteiger partial charge in [0.2, 0.25) is 0 Å². The highest BCUT2D eigenvalue weighted by Crippen LogP contribution is 2.32. The van der Waals surface area contributed by atoms with E-state index in [0.29, 0.717) is 0 Å². The van der Waals surface area contributed by atoms with Crippen molar-refractivity contribution in [1.82, 2.24) is 0 Å². The van der Waals surface area contributed by atoms with Gasteiger partial charge in [-0.05, 0) is 23.1 Å². The largest absolute Gasteiger partial charge is 0.135 e. The molecule has 74 valence electrons. The van der Waals surface area contributed by atoms with E-state index in [1.807, 2.05) is 23.5 Å². The van der Waals surface area contributed by atoms with Crippen LogP contribution in [0.2, 0.25) is 0 Å². The molecule has 0 aliphatic carbocycles. The van der Waals surface area contributed by atoms with Crippen molar-refractivity contribution in [2.75, 3.05) is 0 Å². The maximum Gasteiger partial charge on any atom is 0.113 e. The summed E-state index contributed by atoms with van der Waals surface area (Å²) in [5.41, 5.74) is 2.04. The van der Waals surface area contributed by atoms with E-state index in [-0.39, 0.29) is 0 Å². The van der Waals surface area contributed by atoms with E-state index in [4.69, 9.17) is 7.85 Å². The molecule has 0 spiro atoms. The molecule has 2 heteroatoms. The van der Waals surface area contributed by atoms with Crippen LogP contribution in [0.25, 0.3) is 20.5 Å². The molecule has 0 saturated carbocycles. The van der Waals surface area contributed by atoms with Crippen molar-refractivity contribution in [3.8, 4) is 10.4 Å². The van der Waals surface area contributed by atoms with E-state index in [0.717, 1.165) is 5.46 Å². The van der Waals surface area contributed by atoms with Gasteiger partial charge in [0.1, 0.15) is 7.85 Å². The Hall–Kier alpha value is -1.54. The average molecular weight is 220 g/mol. The van der Waals surface area contributed by atoms with E-state index in [1.54, 1.807) is 0 Å². The fourth-order valence-electron chi connectivity index (χ4n) is 1.77. The molecule has 0 nitrogen and oxygen atoms in total. The molecule has 0 aliphatic heterocycles. The zero-order valence-electron chi connectivity index (χ0n) is 8.68. The second-order valence-electron chi connectivity index (χ2n) is 3.77. The second-order valence-corrected chi connectivity index (χ2v) is 4.85. The molecule has 1 aromatic heterocycles. The Morgan fingerprint density at radius 3 is 2.38 bits per heavy atom. The predicted molar refractivity (Wildman–Crippen MR) is 72.6 cm³/mol. The van der Waals surface area contributed by atoms with Crippen molar-refractivity contribution in [1.29, 1.82) is 0 Å². The molecule has 0 unspecified atom stereocenters. The Morgan fingerprint density at radius 1 is 0.875 bits per heavy atom. The fourth-order valence-corrected chi connectivity index (χ4v) is 2.84. The summed E-state index contributed by atoms with van der Waals surface area (Å²) in [6.45, 7) is 0. The summed E-state index contributed by atoms with van der Waals surface area (Å²) in [5, 5.41) is 1.30. The van der Waals surface area contributed by atoms with Gasteiger partial charge < -0.3 is 0 Å². The van der Waals surface area contributed by atoms with Gasteiger partial charge in [0.25, 0.3) is 0 Å². The lowest BCUT2D eigenvalue weighted by Gasteiger charge is -1.97. The highest BCUT2D eigenvalue weighted by molar-refractivity contribution is 7.22. The number of fused-ring (bicyclic) bond motifs is 1. The zero-order valence-corrected chi connectivity index (χ0v) is 9.50.